The van der Waals surface area contributed by atoms with E-state index in [-0.39, 0.29) is 12.4 Å². The SMILES string of the molecule is COc1cc(C=NNC(=O)C(=O)Nc2ccc(C)c(Cl)c2)cc(Br)c1OCc1ccccc1F. The third-order valence-electron chi connectivity index (χ3n) is 4.60. The minimum atomic E-state index is -0.955. The number of hydrazone groups is 1. The molecular weight excluding hydrogens is 529 g/mol. The van der Waals surface area contributed by atoms with E-state index in [1.54, 1.807) is 48.5 Å². The minimum absolute atomic E-state index is 0.00638. The van der Waals surface area contributed by atoms with E-state index in [1.165, 1.54) is 19.4 Å². The summed E-state index contributed by atoms with van der Waals surface area (Å²) < 4.78 is 25.5. The lowest BCUT2D eigenvalue weighted by atomic mass is 10.2. The number of benzene rings is 3. The van der Waals surface area contributed by atoms with Crippen LogP contribution in [0.3, 0.4) is 0 Å². The lowest BCUT2D eigenvalue weighted by Crippen LogP contribution is -2.32. The number of carbonyl (C=O) groups excluding carboxylic acids is 2. The summed E-state index contributed by atoms with van der Waals surface area (Å²) in [5, 5.41) is 6.72. The molecule has 0 bridgehead atoms. The van der Waals surface area contributed by atoms with Crippen LogP contribution in [0.25, 0.3) is 0 Å². The van der Waals surface area contributed by atoms with Gasteiger partial charge in [-0.05, 0) is 64.3 Å². The second-order valence-electron chi connectivity index (χ2n) is 7.03. The van der Waals surface area contributed by atoms with Gasteiger partial charge in [0.1, 0.15) is 12.4 Å². The van der Waals surface area contributed by atoms with Crippen molar-refractivity contribution in [2.75, 3.05) is 12.4 Å². The van der Waals surface area contributed by atoms with Crippen molar-refractivity contribution in [3.63, 3.8) is 0 Å². The van der Waals surface area contributed by atoms with E-state index < -0.39 is 11.8 Å². The van der Waals surface area contributed by atoms with E-state index in [4.69, 9.17) is 21.1 Å². The molecule has 2 N–H and O–H groups in total. The fourth-order valence-electron chi connectivity index (χ4n) is 2.79. The van der Waals surface area contributed by atoms with E-state index in [1.807, 2.05) is 6.92 Å². The molecule has 0 aliphatic carbocycles. The third kappa shape index (κ3) is 6.55. The molecule has 0 aliphatic rings. The highest BCUT2D eigenvalue weighted by molar-refractivity contribution is 9.10. The first kappa shape index (κ1) is 25.2. The molecule has 0 heterocycles. The van der Waals surface area contributed by atoms with Crippen LogP contribution in [0.1, 0.15) is 16.7 Å². The number of nitrogens with zero attached hydrogens (tertiary/aromatic N) is 1. The van der Waals surface area contributed by atoms with Gasteiger partial charge in [-0.25, -0.2) is 9.82 Å². The average Bonchev–Trinajstić information content (AvgIpc) is 2.81. The lowest BCUT2D eigenvalue weighted by molar-refractivity contribution is -0.136. The molecule has 176 valence electrons. The van der Waals surface area contributed by atoms with Crippen molar-refractivity contribution in [1.82, 2.24) is 5.43 Å². The van der Waals surface area contributed by atoms with Crippen molar-refractivity contribution in [1.29, 1.82) is 0 Å². The van der Waals surface area contributed by atoms with Gasteiger partial charge in [0.2, 0.25) is 0 Å². The monoisotopic (exact) mass is 547 g/mol. The van der Waals surface area contributed by atoms with Crippen LogP contribution in [0, 0.1) is 12.7 Å². The second kappa shape index (κ2) is 11.6. The van der Waals surface area contributed by atoms with E-state index in [0.717, 1.165) is 5.56 Å². The number of methoxy groups -OCH3 is 1. The van der Waals surface area contributed by atoms with Gasteiger partial charge in [-0.2, -0.15) is 5.10 Å². The Labute approximate surface area is 209 Å². The van der Waals surface area contributed by atoms with Gasteiger partial charge in [0, 0.05) is 16.3 Å². The van der Waals surface area contributed by atoms with Crippen LogP contribution in [0.2, 0.25) is 5.02 Å². The molecular formula is C24H20BrClFN3O4. The summed E-state index contributed by atoms with van der Waals surface area (Å²) in [7, 11) is 1.46. The van der Waals surface area contributed by atoms with Crippen molar-refractivity contribution in [3.05, 3.63) is 86.6 Å². The number of rotatable bonds is 7. The van der Waals surface area contributed by atoms with E-state index >= 15 is 0 Å². The zero-order valence-corrected chi connectivity index (χ0v) is 20.5. The van der Waals surface area contributed by atoms with Crippen molar-refractivity contribution in [3.8, 4) is 11.5 Å². The Morgan fingerprint density at radius 2 is 1.91 bits per heavy atom. The zero-order valence-electron chi connectivity index (χ0n) is 18.2. The molecule has 0 unspecified atom stereocenters. The quantitative estimate of drug-likeness (QED) is 0.241. The average molecular weight is 549 g/mol. The molecule has 0 saturated heterocycles. The van der Waals surface area contributed by atoms with Crippen LogP contribution in [-0.2, 0) is 16.2 Å². The smallest absolute Gasteiger partial charge is 0.329 e. The molecule has 0 fully saturated rings. The van der Waals surface area contributed by atoms with E-state index in [0.29, 0.717) is 37.8 Å². The van der Waals surface area contributed by atoms with Crippen molar-refractivity contribution < 1.29 is 23.5 Å². The number of carbonyl (C=O) groups is 2. The maximum atomic E-state index is 13.8. The molecule has 10 heteroatoms. The molecule has 0 saturated carbocycles. The molecule has 3 aromatic rings. The lowest BCUT2D eigenvalue weighted by Gasteiger charge is -2.14. The summed E-state index contributed by atoms with van der Waals surface area (Å²) in [6.07, 6.45) is 1.34. The second-order valence-corrected chi connectivity index (χ2v) is 8.29. The van der Waals surface area contributed by atoms with Crippen LogP contribution >= 0.6 is 27.5 Å². The Morgan fingerprint density at radius 3 is 2.62 bits per heavy atom. The molecule has 34 heavy (non-hydrogen) atoms. The third-order valence-corrected chi connectivity index (χ3v) is 5.59. The molecule has 2 amide bonds. The molecule has 3 aromatic carbocycles. The van der Waals surface area contributed by atoms with Crippen molar-refractivity contribution in [2.45, 2.75) is 13.5 Å². The Bertz CT molecular complexity index is 1250. The number of hydrogen-bond acceptors (Lipinski definition) is 5. The fourth-order valence-corrected chi connectivity index (χ4v) is 3.55. The number of ether oxygens (including phenoxy) is 2. The highest BCUT2D eigenvalue weighted by atomic mass is 79.9. The Balaban J connectivity index is 1.63. The highest BCUT2D eigenvalue weighted by Gasteiger charge is 2.15. The topological polar surface area (TPSA) is 89.0 Å². The van der Waals surface area contributed by atoms with Gasteiger partial charge in [-0.3, -0.25) is 9.59 Å². The molecule has 0 atom stereocenters. The first-order valence-corrected chi connectivity index (χ1v) is 11.1. The number of hydrogen-bond donors (Lipinski definition) is 2. The normalized spacial score (nSPS) is 10.7. The predicted molar refractivity (Wildman–Crippen MR) is 132 cm³/mol. The molecule has 0 radical (unpaired) electrons. The van der Waals surface area contributed by atoms with Gasteiger partial charge in [-0.15, -0.1) is 0 Å². The highest BCUT2D eigenvalue weighted by Crippen LogP contribution is 2.37. The maximum absolute atomic E-state index is 13.8. The van der Waals surface area contributed by atoms with Crippen LogP contribution in [0.5, 0.6) is 11.5 Å². The summed E-state index contributed by atoms with van der Waals surface area (Å²) in [5.74, 6) is -1.47. The number of anilines is 1. The zero-order chi connectivity index (χ0) is 24.7. The summed E-state index contributed by atoms with van der Waals surface area (Å²) in [6, 6.07) is 14.5. The molecule has 3 rings (SSSR count). The van der Waals surface area contributed by atoms with Gasteiger partial charge in [-0.1, -0.05) is 35.9 Å². The van der Waals surface area contributed by atoms with Gasteiger partial charge < -0.3 is 14.8 Å². The van der Waals surface area contributed by atoms with E-state index in [2.05, 4.69) is 31.8 Å². The Hall–Kier alpha value is -3.43. The first-order chi connectivity index (χ1) is 16.3. The number of aryl methyl sites for hydroxylation is 1. The van der Waals surface area contributed by atoms with Crippen molar-refractivity contribution in [2.24, 2.45) is 5.10 Å². The van der Waals surface area contributed by atoms with Gasteiger partial charge >= 0.3 is 11.8 Å². The summed E-state index contributed by atoms with van der Waals surface area (Å²) in [6.45, 7) is 1.83. The van der Waals surface area contributed by atoms with Crippen LogP contribution in [0.15, 0.2) is 64.2 Å². The molecule has 0 aliphatic heterocycles. The Morgan fingerprint density at radius 1 is 1.15 bits per heavy atom. The molecule has 0 spiro atoms. The summed E-state index contributed by atoms with van der Waals surface area (Å²) >= 11 is 9.42. The predicted octanol–water partition coefficient (Wildman–Crippen LogP) is 5.23. The van der Waals surface area contributed by atoms with Gasteiger partial charge in [0.25, 0.3) is 0 Å². The minimum Gasteiger partial charge on any atom is -0.493 e. The maximum Gasteiger partial charge on any atom is 0.329 e. The standard InChI is InChI=1S/C24H20BrClFN3O4/c1-14-7-8-17(11-19(14)26)29-23(31)24(32)30-28-12-15-9-18(25)22(21(10-15)33-2)34-13-16-5-3-4-6-20(16)27/h3-12H,13H2,1-2H3,(H,29,31)(H,30,32). The van der Waals surface area contributed by atoms with E-state index in [9.17, 15) is 14.0 Å². The largest absolute Gasteiger partial charge is 0.493 e. The summed E-state index contributed by atoms with van der Waals surface area (Å²) in [5.41, 5.74) is 4.34. The van der Waals surface area contributed by atoms with Crippen LogP contribution < -0.4 is 20.2 Å². The number of halogens is 3. The Kier molecular flexibility index (Phi) is 8.61. The van der Waals surface area contributed by atoms with Crippen LogP contribution in [-0.4, -0.2) is 25.1 Å². The van der Waals surface area contributed by atoms with Crippen LogP contribution in [0.4, 0.5) is 10.1 Å². The summed E-state index contributed by atoms with van der Waals surface area (Å²) in [4.78, 5) is 24.1. The molecule has 0 aromatic heterocycles. The van der Waals surface area contributed by atoms with Gasteiger partial charge in [0.05, 0.1) is 17.8 Å². The first-order valence-electron chi connectivity index (χ1n) is 9.92. The van der Waals surface area contributed by atoms with Crippen molar-refractivity contribution >= 4 is 51.2 Å². The number of amides is 2. The molecule has 7 nitrogen and oxygen atoms in total. The van der Waals surface area contributed by atoms with Gasteiger partial charge in [0.15, 0.2) is 11.5 Å². The number of nitrogens with one attached hydrogen (secondary N) is 2. The fraction of sp³-hybridized carbons (Fsp3) is 0.125.